The molecular formula is C19H32N2. The van der Waals surface area contributed by atoms with Crippen LogP contribution >= 0.6 is 0 Å². The summed E-state index contributed by atoms with van der Waals surface area (Å²) in [6.07, 6.45) is 2.69. The van der Waals surface area contributed by atoms with Crippen molar-refractivity contribution in [1.29, 1.82) is 0 Å². The van der Waals surface area contributed by atoms with Gasteiger partial charge in [0.05, 0.1) is 0 Å². The fourth-order valence-electron chi connectivity index (χ4n) is 3.98. The van der Waals surface area contributed by atoms with E-state index in [1.165, 1.54) is 30.6 Å². The van der Waals surface area contributed by atoms with E-state index in [1.807, 2.05) is 0 Å². The third-order valence-electron chi connectivity index (χ3n) is 5.26. The van der Waals surface area contributed by atoms with Gasteiger partial charge in [-0.2, -0.15) is 0 Å². The quantitative estimate of drug-likeness (QED) is 0.878. The Labute approximate surface area is 130 Å². The van der Waals surface area contributed by atoms with Gasteiger partial charge >= 0.3 is 0 Å². The molecule has 0 heterocycles. The normalized spacial score (nSPS) is 29.4. The van der Waals surface area contributed by atoms with Gasteiger partial charge in [0, 0.05) is 24.8 Å². The summed E-state index contributed by atoms with van der Waals surface area (Å²) < 4.78 is 0. The van der Waals surface area contributed by atoms with Crippen molar-refractivity contribution in [3.8, 4) is 0 Å². The number of hydrogen-bond acceptors (Lipinski definition) is 2. The van der Waals surface area contributed by atoms with Crippen LogP contribution < -0.4 is 10.2 Å². The highest BCUT2D eigenvalue weighted by Gasteiger charge is 2.34. The van der Waals surface area contributed by atoms with E-state index in [2.05, 4.69) is 69.2 Å². The van der Waals surface area contributed by atoms with Crippen molar-refractivity contribution in [1.82, 2.24) is 5.32 Å². The second-order valence-electron chi connectivity index (χ2n) is 6.99. The number of benzene rings is 1. The molecule has 0 aromatic heterocycles. The lowest BCUT2D eigenvalue weighted by Gasteiger charge is -2.42. The summed E-state index contributed by atoms with van der Waals surface area (Å²) in [6.45, 7) is 11.5. The number of hydrogen-bond donors (Lipinski definition) is 1. The molecule has 1 aliphatic rings. The molecule has 1 fully saturated rings. The zero-order valence-corrected chi connectivity index (χ0v) is 14.4. The summed E-state index contributed by atoms with van der Waals surface area (Å²) in [5, 5.41) is 3.58. The highest BCUT2D eigenvalue weighted by Crippen LogP contribution is 2.35. The number of aryl methyl sites for hydroxylation is 1. The SMILES string of the molecule is CCN(CC1C(C)CC(C)CC1NC)c1ccc(C)cc1. The van der Waals surface area contributed by atoms with Crippen molar-refractivity contribution in [2.24, 2.45) is 17.8 Å². The van der Waals surface area contributed by atoms with Crippen molar-refractivity contribution in [3.05, 3.63) is 29.8 Å². The lowest BCUT2D eigenvalue weighted by Crippen LogP contribution is -2.48. The van der Waals surface area contributed by atoms with Gasteiger partial charge < -0.3 is 10.2 Å². The third kappa shape index (κ3) is 4.00. The molecule has 21 heavy (non-hydrogen) atoms. The van der Waals surface area contributed by atoms with Gasteiger partial charge in [0.25, 0.3) is 0 Å². The lowest BCUT2D eigenvalue weighted by molar-refractivity contribution is 0.158. The minimum Gasteiger partial charge on any atom is -0.371 e. The summed E-state index contributed by atoms with van der Waals surface area (Å²) in [5.74, 6) is 2.39. The molecule has 1 N–H and O–H groups in total. The van der Waals surface area contributed by atoms with Gasteiger partial charge in [-0.05, 0) is 63.6 Å². The fraction of sp³-hybridized carbons (Fsp3) is 0.684. The van der Waals surface area contributed by atoms with Crippen LogP contribution in [0.2, 0.25) is 0 Å². The third-order valence-corrected chi connectivity index (χ3v) is 5.26. The molecule has 2 nitrogen and oxygen atoms in total. The molecule has 0 spiro atoms. The molecular weight excluding hydrogens is 256 g/mol. The van der Waals surface area contributed by atoms with E-state index in [-0.39, 0.29) is 0 Å². The van der Waals surface area contributed by atoms with Gasteiger partial charge in [0.15, 0.2) is 0 Å². The predicted molar refractivity (Wildman–Crippen MR) is 93.0 cm³/mol. The monoisotopic (exact) mass is 288 g/mol. The van der Waals surface area contributed by atoms with Gasteiger partial charge in [-0.3, -0.25) is 0 Å². The van der Waals surface area contributed by atoms with Crippen LogP contribution in [0.25, 0.3) is 0 Å². The molecule has 1 aromatic rings. The average molecular weight is 288 g/mol. The molecule has 1 aliphatic carbocycles. The van der Waals surface area contributed by atoms with E-state index < -0.39 is 0 Å². The maximum absolute atomic E-state index is 3.58. The van der Waals surface area contributed by atoms with Crippen LogP contribution in [0.5, 0.6) is 0 Å². The smallest absolute Gasteiger partial charge is 0.0366 e. The van der Waals surface area contributed by atoms with Gasteiger partial charge in [-0.15, -0.1) is 0 Å². The Hall–Kier alpha value is -1.02. The molecule has 4 unspecified atom stereocenters. The van der Waals surface area contributed by atoms with Crippen LogP contribution in [-0.4, -0.2) is 26.2 Å². The van der Waals surface area contributed by atoms with Crippen molar-refractivity contribution >= 4 is 5.69 Å². The maximum atomic E-state index is 3.58. The standard InChI is InChI=1S/C19H32N2/c1-6-21(17-9-7-14(2)8-10-17)13-18-16(4)11-15(3)12-19(18)20-5/h7-10,15-16,18-20H,6,11-13H2,1-5H3. The van der Waals surface area contributed by atoms with Crippen LogP contribution in [0.4, 0.5) is 5.69 Å². The molecule has 0 radical (unpaired) electrons. The average Bonchev–Trinajstić information content (AvgIpc) is 2.47. The van der Waals surface area contributed by atoms with Crippen molar-refractivity contribution in [3.63, 3.8) is 0 Å². The molecule has 0 saturated heterocycles. The van der Waals surface area contributed by atoms with Crippen LogP contribution in [0.1, 0.15) is 39.2 Å². The minimum atomic E-state index is 0.656. The first-order valence-electron chi connectivity index (χ1n) is 8.54. The zero-order chi connectivity index (χ0) is 15.4. The fourth-order valence-corrected chi connectivity index (χ4v) is 3.98. The molecule has 118 valence electrons. The molecule has 0 aliphatic heterocycles. The first kappa shape index (κ1) is 16.4. The van der Waals surface area contributed by atoms with Crippen LogP contribution in [0.3, 0.4) is 0 Å². The molecule has 0 bridgehead atoms. The molecule has 2 rings (SSSR count). The molecule has 1 saturated carbocycles. The second-order valence-corrected chi connectivity index (χ2v) is 6.99. The second kappa shape index (κ2) is 7.31. The van der Waals surface area contributed by atoms with Gasteiger partial charge in [-0.1, -0.05) is 31.5 Å². The number of nitrogens with zero attached hydrogens (tertiary/aromatic N) is 1. The molecule has 0 amide bonds. The molecule has 4 atom stereocenters. The van der Waals surface area contributed by atoms with E-state index in [4.69, 9.17) is 0 Å². The van der Waals surface area contributed by atoms with E-state index >= 15 is 0 Å². The summed E-state index contributed by atoms with van der Waals surface area (Å²) in [5.41, 5.74) is 2.70. The number of rotatable bonds is 5. The van der Waals surface area contributed by atoms with Crippen molar-refractivity contribution in [2.75, 3.05) is 25.0 Å². The molecule has 1 aromatic carbocycles. The summed E-state index contributed by atoms with van der Waals surface area (Å²) in [4.78, 5) is 2.54. The van der Waals surface area contributed by atoms with Gasteiger partial charge in [0.2, 0.25) is 0 Å². The summed E-state index contributed by atoms with van der Waals surface area (Å²) in [6, 6.07) is 9.63. The maximum Gasteiger partial charge on any atom is 0.0366 e. The van der Waals surface area contributed by atoms with Crippen molar-refractivity contribution in [2.45, 2.75) is 46.6 Å². The highest BCUT2D eigenvalue weighted by atomic mass is 15.1. The van der Waals surface area contributed by atoms with Gasteiger partial charge in [-0.25, -0.2) is 0 Å². The Morgan fingerprint density at radius 2 is 1.81 bits per heavy atom. The number of anilines is 1. The zero-order valence-electron chi connectivity index (χ0n) is 14.4. The van der Waals surface area contributed by atoms with E-state index in [0.29, 0.717) is 6.04 Å². The molecule has 2 heteroatoms. The first-order valence-corrected chi connectivity index (χ1v) is 8.54. The number of nitrogens with one attached hydrogen (secondary N) is 1. The minimum absolute atomic E-state index is 0.656. The van der Waals surface area contributed by atoms with E-state index in [9.17, 15) is 0 Å². The van der Waals surface area contributed by atoms with Crippen LogP contribution in [0, 0.1) is 24.7 Å². The Balaban J connectivity index is 2.10. The lowest BCUT2D eigenvalue weighted by atomic mass is 9.72. The summed E-state index contributed by atoms with van der Waals surface area (Å²) >= 11 is 0. The Bertz CT molecular complexity index is 426. The Kier molecular flexibility index (Phi) is 5.69. The largest absolute Gasteiger partial charge is 0.371 e. The first-order chi connectivity index (χ1) is 10.0. The van der Waals surface area contributed by atoms with Crippen LogP contribution in [0.15, 0.2) is 24.3 Å². The van der Waals surface area contributed by atoms with E-state index in [1.54, 1.807) is 0 Å². The topological polar surface area (TPSA) is 15.3 Å². The van der Waals surface area contributed by atoms with Gasteiger partial charge in [0.1, 0.15) is 0 Å². The van der Waals surface area contributed by atoms with Crippen molar-refractivity contribution < 1.29 is 0 Å². The predicted octanol–water partition coefficient (Wildman–Crippen LogP) is 4.09. The Morgan fingerprint density at radius 3 is 2.38 bits per heavy atom. The summed E-state index contributed by atoms with van der Waals surface area (Å²) in [7, 11) is 2.13. The van der Waals surface area contributed by atoms with E-state index in [0.717, 1.165) is 24.3 Å². The highest BCUT2D eigenvalue weighted by molar-refractivity contribution is 5.47. The van der Waals surface area contributed by atoms with Crippen LogP contribution in [-0.2, 0) is 0 Å². The Morgan fingerprint density at radius 1 is 1.14 bits per heavy atom.